The molecule has 1 aromatic carbocycles. The molecular formula is C22H19Cl2F3N6O. The molecule has 0 spiro atoms. The number of anilines is 2. The SMILES string of the molecule is N=C(c1ccc(N2CC(C(F)(F)F)C2)nc1)c1cc(O[C@H](N)c2c(Cl)cncc2Cl)ccc1N. The van der Waals surface area contributed by atoms with Gasteiger partial charge < -0.3 is 15.4 Å². The van der Waals surface area contributed by atoms with Crippen LogP contribution >= 0.6 is 23.2 Å². The number of aromatic nitrogens is 2. The number of ether oxygens (including phenoxy) is 1. The summed E-state index contributed by atoms with van der Waals surface area (Å²) >= 11 is 12.3. The number of hydrogen-bond donors (Lipinski definition) is 3. The molecule has 178 valence electrons. The number of nitrogens with zero attached hydrogens (tertiary/aromatic N) is 3. The van der Waals surface area contributed by atoms with Gasteiger partial charge in [0.1, 0.15) is 11.6 Å². The van der Waals surface area contributed by atoms with Crippen molar-refractivity contribution in [2.75, 3.05) is 23.7 Å². The van der Waals surface area contributed by atoms with Gasteiger partial charge in [-0.05, 0) is 30.3 Å². The number of rotatable bonds is 6. The van der Waals surface area contributed by atoms with Gasteiger partial charge in [0.25, 0.3) is 0 Å². The first-order chi connectivity index (χ1) is 16.0. The number of halogens is 5. The van der Waals surface area contributed by atoms with Gasteiger partial charge in [-0.3, -0.25) is 16.1 Å². The van der Waals surface area contributed by atoms with Crippen LogP contribution in [0, 0.1) is 11.3 Å². The summed E-state index contributed by atoms with van der Waals surface area (Å²) in [4.78, 5) is 9.62. The van der Waals surface area contributed by atoms with Crippen LogP contribution in [0.3, 0.4) is 0 Å². The fraction of sp³-hybridized carbons (Fsp3) is 0.227. The molecule has 0 amide bonds. The Morgan fingerprint density at radius 1 is 1.12 bits per heavy atom. The van der Waals surface area contributed by atoms with E-state index in [0.717, 1.165) is 0 Å². The molecule has 0 bridgehead atoms. The number of nitrogens with two attached hydrogens (primary N) is 2. The summed E-state index contributed by atoms with van der Waals surface area (Å²) in [6, 6.07) is 7.91. The van der Waals surface area contributed by atoms with Crippen LogP contribution in [0.1, 0.15) is 22.9 Å². The zero-order valence-corrected chi connectivity index (χ0v) is 19.0. The van der Waals surface area contributed by atoms with E-state index in [1.165, 1.54) is 23.5 Å². The molecule has 1 saturated heterocycles. The lowest BCUT2D eigenvalue weighted by Crippen LogP contribution is -2.53. The molecule has 2 aromatic heterocycles. The summed E-state index contributed by atoms with van der Waals surface area (Å²) < 4.78 is 43.9. The third-order valence-electron chi connectivity index (χ3n) is 5.44. The maximum Gasteiger partial charge on any atom is 0.395 e. The minimum Gasteiger partial charge on any atom is -0.471 e. The van der Waals surface area contributed by atoms with Crippen molar-refractivity contribution >= 4 is 40.4 Å². The van der Waals surface area contributed by atoms with Gasteiger partial charge in [0, 0.05) is 54.1 Å². The lowest BCUT2D eigenvalue weighted by Gasteiger charge is -2.40. The monoisotopic (exact) mass is 510 g/mol. The molecule has 4 rings (SSSR count). The summed E-state index contributed by atoms with van der Waals surface area (Å²) in [6.07, 6.45) is -0.980. The molecular weight excluding hydrogens is 492 g/mol. The van der Waals surface area contributed by atoms with Gasteiger partial charge in [-0.25, -0.2) is 4.98 Å². The van der Waals surface area contributed by atoms with Gasteiger partial charge in [0.05, 0.1) is 21.7 Å². The molecule has 5 N–H and O–H groups in total. The Kier molecular flexibility index (Phi) is 6.57. The zero-order valence-electron chi connectivity index (χ0n) is 17.5. The Bertz CT molecular complexity index is 1200. The van der Waals surface area contributed by atoms with Crippen molar-refractivity contribution in [1.29, 1.82) is 5.41 Å². The first kappa shape index (κ1) is 24.1. The predicted octanol–water partition coefficient (Wildman–Crippen LogP) is 4.82. The van der Waals surface area contributed by atoms with Gasteiger partial charge in [0.15, 0.2) is 6.23 Å². The Hall–Kier alpha value is -3.08. The predicted molar refractivity (Wildman–Crippen MR) is 125 cm³/mol. The Labute approximate surface area is 203 Å². The molecule has 0 unspecified atom stereocenters. The molecule has 7 nitrogen and oxygen atoms in total. The summed E-state index contributed by atoms with van der Waals surface area (Å²) in [5.74, 6) is -0.606. The number of nitrogen functional groups attached to an aromatic ring is 1. The first-order valence-electron chi connectivity index (χ1n) is 10.0. The topological polar surface area (TPSA) is 114 Å². The van der Waals surface area contributed by atoms with E-state index in [4.69, 9.17) is 44.8 Å². The summed E-state index contributed by atoms with van der Waals surface area (Å²) in [6.45, 7) is -0.267. The average Bonchev–Trinajstić information content (AvgIpc) is 2.73. The van der Waals surface area contributed by atoms with E-state index >= 15 is 0 Å². The average molecular weight is 511 g/mol. The highest BCUT2D eigenvalue weighted by Crippen LogP contribution is 2.36. The largest absolute Gasteiger partial charge is 0.471 e. The quantitative estimate of drug-likeness (QED) is 0.249. The number of alkyl halides is 3. The number of pyridine rings is 2. The van der Waals surface area contributed by atoms with Crippen LogP contribution in [0.15, 0.2) is 48.9 Å². The Balaban J connectivity index is 1.49. The van der Waals surface area contributed by atoms with E-state index in [1.54, 1.807) is 30.3 Å². The van der Waals surface area contributed by atoms with E-state index in [2.05, 4.69) is 9.97 Å². The molecule has 0 radical (unpaired) electrons. The summed E-state index contributed by atoms with van der Waals surface area (Å²) in [5.41, 5.74) is 13.7. The maximum atomic E-state index is 12.7. The van der Waals surface area contributed by atoms with Crippen molar-refractivity contribution in [3.63, 3.8) is 0 Å². The summed E-state index contributed by atoms with van der Waals surface area (Å²) in [7, 11) is 0. The van der Waals surface area contributed by atoms with E-state index in [1.807, 2.05) is 0 Å². The van der Waals surface area contributed by atoms with Crippen molar-refractivity contribution in [3.8, 4) is 5.75 Å². The second-order valence-electron chi connectivity index (χ2n) is 7.73. The molecule has 12 heteroatoms. The van der Waals surface area contributed by atoms with Gasteiger partial charge in [-0.1, -0.05) is 23.2 Å². The molecule has 1 atom stereocenters. The standard InChI is InChI=1S/C22H19Cl2F3N6O/c23-15-7-31-8-16(24)19(15)21(30)34-13-2-3-17(28)14(5-13)20(29)11-1-4-18(32-6-11)33-9-12(10-33)22(25,26)27/h1-8,12,21,29H,9-10,28,30H2/t21-/m0/s1. The van der Waals surface area contributed by atoms with Gasteiger partial charge in [-0.2, -0.15) is 13.2 Å². The maximum absolute atomic E-state index is 12.7. The fourth-order valence-corrected chi connectivity index (χ4v) is 4.05. The first-order valence-corrected chi connectivity index (χ1v) is 10.8. The van der Waals surface area contributed by atoms with E-state index in [9.17, 15) is 13.2 Å². The Morgan fingerprint density at radius 3 is 2.38 bits per heavy atom. The molecule has 1 fully saturated rings. The van der Waals surface area contributed by atoms with Gasteiger partial charge >= 0.3 is 6.18 Å². The van der Waals surface area contributed by atoms with Crippen molar-refractivity contribution in [2.24, 2.45) is 11.7 Å². The van der Waals surface area contributed by atoms with Crippen LogP contribution in [-0.2, 0) is 0 Å². The summed E-state index contributed by atoms with van der Waals surface area (Å²) in [5, 5.41) is 9.05. The fourth-order valence-electron chi connectivity index (χ4n) is 3.47. The van der Waals surface area contributed by atoms with Crippen LogP contribution in [-0.4, -0.2) is 34.9 Å². The van der Waals surface area contributed by atoms with Crippen LogP contribution < -0.4 is 21.1 Å². The smallest absolute Gasteiger partial charge is 0.395 e. The van der Waals surface area contributed by atoms with Crippen molar-refractivity contribution in [2.45, 2.75) is 12.4 Å². The molecule has 3 heterocycles. The zero-order chi connectivity index (χ0) is 24.6. The number of benzene rings is 1. The van der Waals surface area contributed by atoms with Gasteiger partial charge in [0.2, 0.25) is 0 Å². The van der Waals surface area contributed by atoms with Crippen LogP contribution in [0.2, 0.25) is 10.0 Å². The van der Waals surface area contributed by atoms with Crippen molar-refractivity contribution in [1.82, 2.24) is 9.97 Å². The molecule has 0 aliphatic carbocycles. The lowest BCUT2D eigenvalue weighted by molar-refractivity contribution is -0.180. The van der Waals surface area contributed by atoms with Crippen LogP contribution in [0.25, 0.3) is 0 Å². The molecule has 1 aliphatic rings. The van der Waals surface area contributed by atoms with E-state index in [0.29, 0.717) is 33.9 Å². The highest BCUT2D eigenvalue weighted by Gasteiger charge is 2.47. The molecule has 34 heavy (non-hydrogen) atoms. The highest BCUT2D eigenvalue weighted by molar-refractivity contribution is 6.35. The highest BCUT2D eigenvalue weighted by atomic mass is 35.5. The second-order valence-corrected chi connectivity index (χ2v) is 8.54. The van der Waals surface area contributed by atoms with Crippen LogP contribution in [0.4, 0.5) is 24.7 Å². The minimum absolute atomic E-state index is 0.0623. The minimum atomic E-state index is -4.21. The third kappa shape index (κ3) is 4.89. The van der Waals surface area contributed by atoms with E-state index in [-0.39, 0.29) is 28.8 Å². The third-order valence-corrected chi connectivity index (χ3v) is 6.04. The molecule has 3 aromatic rings. The second kappa shape index (κ2) is 9.28. The van der Waals surface area contributed by atoms with E-state index < -0.39 is 18.3 Å². The van der Waals surface area contributed by atoms with Crippen LogP contribution in [0.5, 0.6) is 5.75 Å². The normalized spacial score (nSPS) is 15.1. The molecule has 1 aliphatic heterocycles. The molecule has 0 saturated carbocycles. The number of nitrogens with one attached hydrogen (secondary N) is 1. The Morgan fingerprint density at radius 2 is 1.79 bits per heavy atom. The van der Waals surface area contributed by atoms with Gasteiger partial charge in [-0.15, -0.1) is 0 Å². The van der Waals surface area contributed by atoms with Crippen molar-refractivity contribution in [3.05, 3.63) is 75.7 Å². The number of hydrogen-bond acceptors (Lipinski definition) is 7. The van der Waals surface area contributed by atoms with Crippen molar-refractivity contribution < 1.29 is 17.9 Å². The lowest BCUT2D eigenvalue weighted by atomic mass is 9.99.